The highest BCUT2D eigenvalue weighted by atomic mass is 79.9. The van der Waals surface area contributed by atoms with Gasteiger partial charge in [0.15, 0.2) is 4.67 Å². The fourth-order valence-electron chi connectivity index (χ4n) is 1.37. The largest absolute Gasteiger partial charge is 0.475 e. The van der Waals surface area contributed by atoms with Crippen molar-refractivity contribution in [2.24, 2.45) is 0 Å². The van der Waals surface area contributed by atoms with Crippen molar-refractivity contribution in [2.75, 3.05) is 19.1 Å². The summed E-state index contributed by atoms with van der Waals surface area (Å²) in [5, 5.41) is 8.79. The van der Waals surface area contributed by atoms with E-state index in [4.69, 9.17) is 9.52 Å². The van der Waals surface area contributed by atoms with E-state index in [9.17, 15) is 13.2 Å². The SMILES string of the molecule is CSCC(C)N(C)S(=O)(=O)c1cc(C(=O)O)oc1Br. The van der Waals surface area contributed by atoms with Gasteiger partial charge in [-0.15, -0.1) is 0 Å². The highest BCUT2D eigenvalue weighted by molar-refractivity contribution is 9.10. The van der Waals surface area contributed by atoms with Gasteiger partial charge in [0.05, 0.1) is 0 Å². The van der Waals surface area contributed by atoms with E-state index in [0.717, 1.165) is 6.07 Å². The standard InChI is InChI=1S/C10H14BrNO5S2/c1-6(5-18-3)12(2)19(15,16)8-4-7(10(13)14)17-9(8)11/h4,6H,5H2,1-3H3,(H,13,14). The summed E-state index contributed by atoms with van der Waals surface area (Å²) in [7, 11) is -2.33. The van der Waals surface area contributed by atoms with Crippen molar-refractivity contribution in [2.45, 2.75) is 17.9 Å². The molecule has 0 aromatic carbocycles. The Morgan fingerprint density at radius 1 is 1.63 bits per heavy atom. The molecular weight excluding hydrogens is 358 g/mol. The van der Waals surface area contributed by atoms with Gasteiger partial charge >= 0.3 is 5.97 Å². The molecule has 0 fully saturated rings. The van der Waals surface area contributed by atoms with Crippen LogP contribution in [-0.2, 0) is 10.0 Å². The summed E-state index contributed by atoms with van der Waals surface area (Å²) in [6.45, 7) is 1.78. The van der Waals surface area contributed by atoms with Gasteiger partial charge in [-0.2, -0.15) is 16.1 Å². The van der Waals surface area contributed by atoms with Gasteiger partial charge in [0.2, 0.25) is 15.8 Å². The van der Waals surface area contributed by atoms with E-state index in [-0.39, 0.29) is 15.6 Å². The predicted octanol–water partition coefficient (Wildman–Crippen LogP) is 2.11. The third-order valence-electron chi connectivity index (χ3n) is 2.55. The number of aromatic carboxylic acids is 1. The molecule has 1 rings (SSSR count). The fourth-order valence-corrected chi connectivity index (χ4v) is 4.43. The van der Waals surface area contributed by atoms with Crippen molar-refractivity contribution in [3.8, 4) is 0 Å². The van der Waals surface area contributed by atoms with Crippen LogP contribution in [0.3, 0.4) is 0 Å². The fraction of sp³-hybridized carbons (Fsp3) is 0.500. The number of carbonyl (C=O) groups is 1. The highest BCUT2D eigenvalue weighted by Gasteiger charge is 2.31. The maximum absolute atomic E-state index is 12.3. The van der Waals surface area contributed by atoms with E-state index < -0.39 is 21.8 Å². The minimum Gasteiger partial charge on any atom is -0.475 e. The number of furan rings is 1. The number of rotatable bonds is 6. The van der Waals surface area contributed by atoms with Crippen LogP contribution in [0, 0.1) is 0 Å². The normalized spacial score (nSPS) is 13.7. The minimum absolute atomic E-state index is 0.104. The molecule has 1 unspecified atom stereocenters. The average molecular weight is 372 g/mol. The third kappa shape index (κ3) is 3.53. The molecule has 0 saturated heterocycles. The van der Waals surface area contributed by atoms with Gasteiger partial charge in [0.25, 0.3) is 0 Å². The molecule has 1 heterocycles. The van der Waals surface area contributed by atoms with Crippen molar-refractivity contribution >= 4 is 43.7 Å². The molecule has 0 bridgehead atoms. The van der Waals surface area contributed by atoms with E-state index in [2.05, 4.69) is 15.9 Å². The summed E-state index contributed by atoms with van der Waals surface area (Å²) in [4.78, 5) is 10.6. The van der Waals surface area contributed by atoms with Crippen LogP contribution in [0.25, 0.3) is 0 Å². The Balaban J connectivity index is 3.16. The van der Waals surface area contributed by atoms with Crippen LogP contribution in [0.15, 0.2) is 20.0 Å². The van der Waals surface area contributed by atoms with Crippen molar-refractivity contribution < 1.29 is 22.7 Å². The molecule has 1 atom stereocenters. The summed E-state index contributed by atoms with van der Waals surface area (Å²) >= 11 is 4.46. The first-order valence-electron chi connectivity index (χ1n) is 5.21. The lowest BCUT2D eigenvalue weighted by Crippen LogP contribution is -2.36. The Kier molecular flexibility index (Phi) is 5.48. The lowest BCUT2D eigenvalue weighted by molar-refractivity contribution is 0.0661. The summed E-state index contributed by atoms with van der Waals surface area (Å²) < 4.78 is 30.6. The smallest absolute Gasteiger partial charge is 0.371 e. The number of hydrogen-bond donors (Lipinski definition) is 1. The number of nitrogens with zero attached hydrogens (tertiary/aromatic N) is 1. The van der Waals surface area contributed by atoms with Gasteiger partial charge in [-0.3, -0.25) is 0 Å². The molecule has 9 heteroatoms. The van der Waals surface area contributed by atoms with Crippen molar-refractivity contribution in [1.82, 2.24) is 4.31 Å². The molecule has 0 amide bonds. The summed E-state index contributed by atoms with van der Waals surface area (Å²) in [6, 6.07) is 0.791. The Bertz CT molecular complexity index is 568. The van der Waals surface area contributed by atoms with Crippen molar-refractivity contribution in [1.29, 1.82) is 0 Å². The summed E-state index contributed by atoms with van der Waals surface area (Å²) in [5.41, 5.74) is 0. The van der Waals surface area contributed by atoms with Gasteiger partial charge in [0, 0.05) is 24.9 Å². The van der Waals surface area contributed by atoms with Crippen molar-refractivity contribution in [3.63, 3.8) is 0 Å². The van der Waals surface area contributed by atoms with Gasteiger partial charge in [-0.05, 0) is 29.1 Å². The van der Waals surface area contributed by atoms with Crippen LogP contribution < -0.4 is 0 Å². The van der Waals surface area contributed by atoms with Gasteiger partial charge < -0.3 is 9.52 Å². The Hall–Kier alpha value is -0.510. The van der Waals surface area contributed by atoms with Crippen LogP contribution in [0.4, 0.5) is 0 Å². The molecule has 19 heavy (non-hydrogen) atoms. The summed E-state index contributed by atoms with van der Waals surface area (Å²) in [5.74, 6) is -1.10. The first-order valence-corrected chi connectivity index (χ1v) is 8.84. The second-order valence-corrected chi connectivity index (χ2v) is 7.48. The first-order chi connectivity index (χ1) is 8.71. The van der Waals surface area contributed by atoms with Crippen LogP contribution in [-0.4, -0.2) is 48.9 Å². The molecule has 6 nitrogen and oxygen atoms in total. The van der Waals surface area contributed by atoms with Crippen molar-refractivity contribution in [3.05, 3.63) is 16.5 Å². The molecule has 1 N–H and O–H groups in total. The van der Waals surface area contributed by atoms with Gasteiger partial charge in [-0.25, -0.2) is 13.2 Å². The van der Waals surface area contributed by atoms with Gasteiger partial charge in [0.1, 0.15) is 4.90 Å². The van der Waals surface area contributed by atoms with E-state index in [1.807, 2.05) is 6.26 Å². The molecule has 0 aliphatic rings. The first kappa shape index (κ1) is 16.5. The monoisotopic (exact) mass is 371 g/mol. The van der Waals surface area contributed by atoms with E-state index in [0.29, 0.717) is 5.75 Å². The number of carboxylic acids is 1. The minimum atomic E-state index is -3.79. The molecule has 0 aliphatic carbocycles. The molecule has 108 valence electrons. The van der Waals surface area contributed by atoms with Crippen LogP contribution in [0.5, 0.6) is 0 Å². The topological polar surface area (TPSA) is 87.8 Å². The second kappa shape index (κ2) is 6.29. The number of carboxylic acid groups (broad SMARTS) is 1. The lowest BCUT2D eigenvalue weighted by Gasteiger charge is -2.22. The Labute approximate surface area is 124 Å². The zero-order valence-electron chi connectivity index (χ0n) is 10.6. The van der Waals surface area contributed by atoms with Crippen LogP contribution in [0.2, 0.25) is 0 Å². The quantitative estimate of drug-likeness (QED) is 0.823. The number of halogens is 1. The lowest BCUT2D eigenvalue weighted by atomic mass is 10.4. The maximum Gasteiger partial charge on any atom is 0.371 e. The Morgan fingerprint density at radius 2 is 2.21 bits per heavy atom. The second-order valence-electron chi connectivity index (χ2n) is 3.88. The zero-order chi connectivity index (χ0) is 14.8. The number of thioether (sulfide) groups is 1. The highest BCUT2D eigenvalue weighted by Crippen LogP contribution is 2.29. The number of hydrogen-bond acceptors (Lipinski definition) is 5. The van der Waals surface area contributed by atoms with Gasteiger partial charge in [-0.1, -0.05) is 0 Å². The molecule has 0 saturated carbocycles. The maximum atomic E-state index is 12.3. The summed E-state index contributed by atoms with van der Waals surface area (Å²) in [6.07, 6.45) is 1.88. The molecule has 0 aliphatic heterocycles. The molecule has 0 radical (unpaired) electrons. The van der Waals surface area contributed by atoms with Crippen LogP contribution in [0.1, 0.15) is 17.5 Å². The molecule has 0 spiro atoms. The third-order valence-corrected chi connectivity index (χ3v) is 6.20. The Morgan fingerprint density at radius 3 is 2.63 bits per heavy atom. The zero-order valence-corrected chi connectivity index (χ0v) is 13.8. The van der Waals surface area contributed by atoms with E-state index >= 15 is 0 Å². The molecule has 1 aromatic rings. The average Bonchev–Trinajstić information content (AvgIpc) is 2.71. The predicted molar refractivity (Wildman–Crippen MR) is 76.2 cm³/mol. The number of sulfonamides is 1. The van der Waals surface area contributed by atoms with E-state index in [1.54, 1.807) is 6.92 Å². The van der Waals surface area contributed by atoms with E-state index in [1.165, 1.54) is 23.1 Å². The molecular formula is C10H14BrNO5S2. The van der Waals surface area contributed by atoms with Crippen LogP contribution >= 0.6 is 27.7 Å². The molecule has 1 aromatic heterocycles.